The van der Waals surface area contributed by atoms with Gasteiger partial charge in [-0.1, -0.05) is 30.8 Å². The fourth-order valence-electron chi connectivity index (χ4n) is 3.00. The Balaban J connectivity index is 1.56. The third-order valence-electron chi connectivity index (χ3n) is 4.22. The summed E-state index contributed by atoms with van der Waals surface area (Å²) < 4.78 is 5.05. The maximum Gasteiger partial charge on any atom is 0.233 e. The first-order valence-corrected chi connectivity index (χ1v) is 9.90. The van der Waals surface area contributed by atoms with Crippen LogP contribution in [0.4, 0.5) is 0 Å². The Morgan fingerprint density at radius 1 is 1.31 bits per heavy atom. The Labute approximate surface area is 158 Å². The smallest absolute Gasteiger partial charge is 0.233 e. The third kappa shape index (κ3) is 4.82. The van der Waals surface area contributed by atoms with E-state index in [1.165, 1.54) is 11.8 Å². The van der Waals surface area contributed by atoms with E-state index in [-0.39, 0.29) is 5.91 Å². The van der Waals surface area contributed by atoms with E-state index in [0.717, 1.165) is 43.3 Å². The van der Waals surface area contributed by atoms with Crippen molar-refractivity contribution in [3.05, 3.63) is 24.2 Å². The van der Waals surface area contributed by atoms with Crippen molar-refractivity contribution < 1.29 is 9.32 Å². The first-order valence-electron chi connectivity index (χ1n) is 8.91. The Hall–Kier alpha value is -1.93. The van der Waals surface area contributed by atoms with Crippen molar-refractivity contribution >= 4 is 17.7 Å². The van der Waals surface area contributed by atoms with Gasteiger partial charge in [0.05, 0.1) is 11.3 Å². The van der Waals surface area contributed by atoms with Crippen molar-refractivity contribution in [2.24, 2.45) is 5.92 Å². The minimum atomic E-state index is 0.153. The molecule has 8 heteroatoms. The quantitative estimate of drug-likeness (QED) is 0.717. The lowest BCUT2D eigenvalue weighted by Crippen LogP contribution is -2.50. The van der Waals surface area contributed by atoms with Crippen LogP contribution in [0.1, 0.15) is 19.7 Å². The van der Waals surface area contributed by atoms with Gasteiger partial charge in [0, 0.05) is 45.8 Å². The Kier molecular flexibility index (Phi) is 6.26. The van der Waals surface area contributed by atoms with E-state index < -0.39 is 0 Å². The highest BCUT2D eigenvalue weighted by Gasteiger charge is 2.22. The van der Waals surface area contributed by atoms with Crippen LogP contribution in [0, 0.1) is 12.8 Å². The number of piperazine rings is 1. The van der Waals surface area contributed by atoms with Gasteiger partial charge in [-0.25, -0.2) is 4.98 Å². The highest BCUT2D eigenvalue weighted by atomic mass is 32.2. The summed E-state index contributed by atoms with van der Waals surface area (Å²) in [5, 5.41) is 4.71. The number of nitrogens with zero attached hydrogens (tertiary/aromatic N) is 5. The van der Waals surface area contributed by atoms with Gasteiger partial charge in [0.25, 0.3) is 0 Å². The summed E-state index contributed by atoms with van der Waals surface area (Å²) >= 11 is 1.43. The maximum atomic E-state index is 12.6. The first kappa shape index (κ1) is 18.8. The predicted molar refractivity (Wildman–Crippen MR) is 101 cm³/mol. The number of thioether (sulfide) groups is 1. The van der Waals surface area contributed by atoms with Crippen LogP contribution in [0.3, 0.4) is 0 Å². The van der Waals surface area contributed by atoms with Crippen LogP contribution < -0.4 is 0 Å². The Morgan fingerprint density at radius 2 is 2.08 bits per heavy atom. The molecular weight excluding hydrogens is 350 g/mol. The Bertz CT molecular complexity index is 741. The predicted octanol–water partition coefficient (Wildman–Crippen LogP) is 2.33. The monoisotopic (exact) mass is 375 g/mol. The molecule has 1 aliphatic rings. The molecule has 0 radical (unpaired) electrons. The molecule has 2 aromatic heterocycles. The Morgan fingerprint density at radius 3 is 2.73 bits per heavy atom. The lowest BCUT2D eigenvalue weighted by Gasteiger charge is -2.35. The van der Waals surface area contributed by atoms with Crippen LogP contribution in [-0.2, 0) is 4.79 Å². The van der Waals surface area contributed by atoms with E-state index in [1.807, 2.05) is 17.0 Å². The van der Waals surface area contributed by atoms with Crippen LogP contribution in [0.5, 0.6) is 0 Å². The minimum Gasteiger partial charge on any atom is -0.339 e. The lowest BCUT2D eigenvalue weighted by atomic mass is 10.2. The van der Waals surface area contributed by atoms with Gasteiger partial charge in [-0.2, -0.15) is 4.98 Å². The molecule has 0 unspecified atom stereocenters. The molecule has 0 atom stereocenters. The molecule has 0 spiro atoms. The molecule has 140 valence electrons. The molecule has 3 heterocycles. The van der Waals surface area contributed by atoms with E-state index >= 15 is 0 Å². The van der Waals surface area contributed by atoms with Crippen molar-refractivity contribution in [3.8, 4) is 11.4 Å². The number of aromatic nitrogens is 3. The van der Waals surface area contributed by atoms with Gasteiger partial charge >= 0.3 is 0 Å². The summed E-state index contributed by atoms with van der Waals surface area (Å²) in [7, 11) is 0. The van der Waals surface area contributed by atoms with Gasteiger partial charge < -0.3 is 9.42 Å². The van der Waals surface area contributed by atoms with Gasteiger partial charge in [0.15, 0.2) is 0 Å². The summed E-state index contributed by atoms with van der Waals surface area (Å²) in [6.07, 6.45) is 1.72. The lowest BCUT2D eigenvalue weighted by molar-refractivity contribution is -0.130. The molecule has 0 N–H and O–H groups in total. The average Bonchev–Trinajstić information content (AvgIpc) is 3.06. The molecule has 1 amide bonds. The number of pyridine rings is 1. The average molecular weight is 375 g/mol. The van der Waals surface area contributed by atoms with E-state index in [0.29, 0.717) is 23.4 Å². The van der Waals surface area contributed by atoms with E-state index in [1.54, 1.807) is 13.1 Å². The summed E-state index contributed by atoms with van der Waals surface area (Å²) in [5.41, 5.74) is 0.795. The van der Waals surface area contributed by atoms with Crippen molar-refractivity contribution in [3.63, 3.8) is 0 Å². The fraction of sp³-hybridized carbons (Fsp3) is 0.556. The highest BCUT2D eigenvalue weighted by Crippen LogP contribution is 2.27. The van der Waals surface area contributed by atoms with Crippen LogP contribution in [0.25, 0.3) is 11.4 Å². The standard InChI is InChI=1S/C18H25N5O2S/c1-13(2)11-22-7-9-23(10-8-22)16(24)12-26-18-15(5-4-6-19-18)17-20-14(3)25-21-17/h4-6,13H,7-12H2,1-3H3. The van der Waals surface area contributed by atoms with Gasteiger partial charge in [-0.05, 0) is 18.1 Å². The molecule has 1 fully saturated rings. The SMILES string of the molecule is Cc1nc(-c2cccnc2SCC(=O)N2CCN(CC(C)C)CC2)no1. The topological polar surface area (TPSA) is 75.4 Å². The largest absolute Gasteiger partial charge is 0.339 e. The van der Waals surface area contributed by atoms with Crippen molar-refractivity contribution in [2.75, 3.05) is 38.5 Å². The first-order chi connectivity index (χ1) is 12.5. The zero-order chi connectivity index (χ0) is 18.5. The van der Waals surface area contributed by atoms with Crippen LogP contribution in [-0.4, -0.2) is 69.3 Å². The molecule has 7 nitrogen and oxygen atoms in total. The number of hydrogen-bond acceptors (Lipinski definition) is 7. The van der Waals surface area contributed by atoms with Gasteiger partial charge in [0.1, 0.15) is 5.03 Å². The van der Waals surface area contributed by atoms with Crippen molar-refractivity contribution in [1.82, 2.24) is 24.9 Å². The van der Waals surface area contributed by atoms with E-state index in [4.69, 9.17) is 4.52 Å². The number of aryl methyl sites for hydroxylation is 1. The third-order valence-corrected chi connectivity index (χ3v) is 5.21. The summed E-state index contributed by atoms with van der Waals surface area (Å²) in [5.74, 6) is 2.19. The number of amides is 1. The molecule has 2 aromatic rings. The molecule has 1 saturated heterocycles. The molecular formula is C18H25N5O2S. The van der Waals surface area contributed by atoms with Crippen molar-refractivity contribution in [2.45, 2.75) is 25.8 Å². The molecule has 0 bridgehead atoms. The van der Waals surface area contributed by atoms with Gasteiger partial charge in [-0.15, -0.1) is 0 Å². The molecule has 1 aliphatic heterocycles. The minimum absolute atomic E-state index is 0.153. The number of rotatable bonds is 6. The zero-order valence-corrected chi connectivity index (χ0v) is 16.3. The highest BCUT2D eigenvalue weighted by molar-refractivity contribution is 8.00. The summed E-state index contributed by atoms with van der Waals surface area (Å²) in [6.45, 7) is 10.8. The number of carbonyl (C=O) groups is 1. The molecule has 0 aliphatic carbocycles. The van der Waals surface area contributed by atoms with Gasteiger partial charge in [0.2, 0.25) is 17.6 Å². The second-order valence-electron chi connectivity index (χ2n) is 6.86. The van der Waals surface area contributed by atoms with Crippen molar-refractivity contribution in [1.29, 1.82) is 0 Å². The summed E-state index contributed by atoms with van der Waals surface area (Å²) in [6, 6.07) is 3.73. The number of carbonyl (C=O) groups excluding carboxylic acids is 1. The van der Waals surface area contributed by atoms with E-state index in [9.17, 15) is 4.79 Å². The molecule has 0 saturated carbocycles. The normalized spacial score (nSPS) is 15.6. The van der Waals surface area contributed by atoms with Gasteiger partial charge in [-0.3, -0.25) is 9.69 Å². The van der Waals surface area contributed by atoms with Crippen LogP contribution >= 0.6 is 11.8 Å². The second-order valence-corrected chi connectivity index (χ2v) is 7.82. The van der Waals surface area contributed by atoms with Crippen LogP contribution in [0.15, 0.2) is 27.9 Å². The van der Waals surface area contributed by atoms with E-state index in [2.05, 4.69) is 33.9 Å². The fourth-order valence-corrected chi connectivity index (χ4v) is 3.90. The summed E-state index contributed by atoms with van der Waals surface area (Å²) in [4.78, 5) is 25.6. The molecule has 0 aromatic carbocycles. The van der Waals surface area contributed by atoms with Crippen LogP contribution in [0.2, 0.25) is 0 Å². The molecule has 26 heavy (non-hydrogen) atoms. The molecule has 3 rings (SSSR count). The zero-order valence-electron chi connectivity index (χ0n) is 15.5. The number of hydrogen-bond donors (Lipinski definition) is 0. The second kappa shape index (κ2) is 8.64. The maximum absolute atomic E-state index is 12.6.